The molecular weight excluding hydrogens is 298 g/mol. The molecule has 1 aromatic carbocycles. The third-order valence-electron chi connectivity index (χ3n) is 4.17. The van der Waals surface area contributed by atoms with Crippen LogP contribution in [0.1, 0.15) is 11.3 Å². The smallest absolute Gasteiger partial charge is 0.227 e. The Balaban J connectivity index is 1.60. The molecule has 2 aromatic rings. The summed E-state index contributed by atoms with van der Waals surface area (Å²) in [7, 11) is 0. The predicted octanol–water partition coefficient (Wildman–Crippen LogP) is 2.71. The molecule has 1 fully saturated rings. The van der Waals surface area contributed by atoms with Gasteiger partial charge in [-0.25, -0.2) is 4.98 Å². The highest BCUT2D eigenvalue weighted by atomic mass is 15.3. The number of rotatable bonds is 6. The first-order valence-electron chi connectivity index (χ1n) is 8.46. The Morgan fingerprint density at radius 3 is 2.58 bits per heavy atom. The normalized spacial score (nSPS) is 15.3. The molecule has 1 aliphatic rings. The van der Waals surface area contributed by atoms with E-state index in [0.717, 1.165) is 50.2 Å². The van der Waals surface area contributed by atoms with Crippen LogP contribution in [0, 0.1) is 6.92 Å². The number of piperazine rings is 1. The average molecular weight is 323 g/mol. The minimum Gasteiger partial charge on any atom is -0.366 e. The molecule has 3 rings (SSSR count). The van der Waals surface area contributed by atoms with Crippen LogP contribution < -0.4 is 10.2 Å². The van der Waals surface area contributed by atoms with E-state index in [-0.39, 0.29) is 0 Å². The van der Waals surface area contributed by atoms with Crippen LogP contribution in [0.15, 0.2) is 49.1 Å². The maximum absolute atomic E-state index is 4.64. The summed E-state index contributed by atoms with van der Waals surface area (Å²) in [5.41, 5.74) is 2.35. The molecule has 0 amide bonds. The van der Waals surface area contributed by atoms with Crippen molar-refractivity contribution < 1.29 is 0 Å². The third-order valence-corrected chi connectivity index (χ3v) is 4.17. The molecular formula is C19H25N5. The van der Waals surface area contributed by atoms with E-state index in [2.05, 4.69) is 62.0 Å². The van der Waals surface area contributed by atoms with Crippen molar-refractivity contribution in [2.24, 2.45) is 0 Å². The minimum atomic E-state index is 0.709. The number of anilines is 2. The average Bonchev–Trinajstić information content (AvgIpc) is 2.61. The van der Waals surface area contributed by atoms with Crippen molar-refractivity contribution >= 4 is 11.8 Å². The standard InChI is InChI=1S/C19H25N5/c1-3-9-20-18-14-16(2)21-19(22-18)24-12-10-23(11-13-24)15-17-7-5-4-6-8-17/h3-8,14H,1,9-13,15H2,2H3,(H,20,21,22). The van der Waals surface area contributed by atoms with Crippen LogP contribution >= 0.6 is 0 Å². The zero-order chi connectivity index (χ0) is 16.8. The van der Waals surface area contributed by atoms with Crippen LogP contribution in [-0.2, 0) is 6.54 Å². The Morgan fingerprint density at radius 1 is 1.12 bits per heavy atom. The highest BCUT2D eigenvalue weighted by molar-refractivity contribution is 5.44. The van der Waals surface area contributed by atoms with E-state index in [1.54, 1.807) is 0 Å². The SMILES string of the molecule is C=CCNc1cc(C)nc(N2CCN(Cc3ccccc3)CC2)n1. The summed E-state index contributed by atoms with van der Waals surface area (Å²) in [6.45, 7) is 11.4. The zero-order valence-electron chi connectivity index (χ0n) is 14.3. The van der Waals surface area contributed by atoms with E-state index in [0.29, 0.717) is 6.54 Å². The van der Waals surface area contributed by atoms with Gasteiger partial charge < -0.3 is 10.2 Å². The number of aryl methyl sites for hydroxylation is 1. The van der Waals surface area contributed by atoms with Crippen molar-refractivity contribution in [1.29, 1.82) is 0 Å². The molecule has 5 nitrogen and oxygen atoms in total. The third kappa shape index (κ3) is 4.32. The van der Waals surface area contributed by atoms with Crippen LogP contribution in [0.3, 0.4) is 0 Å². The number of nitrogens with one attached hydrogen (secondary N) is 1. The van der Waals surface area contributed by atoms with Gasteiger partial charge in [-0.3, -0.25) is 4.90 Å². The van der Waals surface area contributed by atoms with Crippen LogP contribution in [0.4, 0.5) is 11.8 Å². The van der Waals surface area contributed by atoms with Crippen molar-refractivity contribution in [3.8, 4) is 0 Å². The van der Waals surface area contributed by atoms with Gasteiger partial charge in [0, 0.05) is 51.0 Å². The van der Waals surface area contributed by atoms with Gasteiger partial charge in [0.05, 0.1) is 0 Å². The van der Waals surface area contributed by atoms with Crippen molar-refractivity contribution in [3.63, 3.8) is 0 Å². The lowest BCUT2D eigenvalue weighted by molar-refractivity contribution is 0.248. The second kappa shape index (κ2) is 7.93. The second-order valence-corrected chi connectivity index (χ2v) is 6.11. The van der Waals surface area contributed by atoms with E-state index >= 15 is 0 Å². The summed E-state index contributed by atoms with van der Waals surface area (Å²) in [5, 5.41) is 3.25. The molecule has 24 heavy (non-hydrogen) atoms. The van der Waals surface area contributed by atoms with Gasteiger partial charge in [0.25, 0.3) is 0 Å². The van der Waals surface area contributed by atoms with Gasteiger partial charge in [-0.2, -0.15) is 4.98 Å². The zero-order valence-corrected chi connectivity index (χ0v) is 14.3. The van der Waals surface area contributed by atoms with Crippen molar-refractivity contribution in [2.45, 2.75) is 13.5 Å². The monoisotopic (exact) mass is 323 g/mol. The topological polar surface area (TPSA) is 44.3 Å². The van der Waals surface area contributed by atoms with Crippen LogP contribution in [0.25, 0.3) is 0 Å². The number of hydrogen-bond donors (Lipinski definition) is 1. The van der Waals surface area contributed by atoms with Gasteiger partial charge in [0.1, 0.15) is 5.82 Å². The summed E-state index contributed by atoms with van der Waals surface area (Å²) >= 11 is 0. The minimum absolute atomic E-state index is 0.709. The van der Waals surface area contributed by atoms with Gasteiger partial charge >= 0.3 is 0 Å². The summed E-state index contributed by atoms with van der Waals surface area (Å²) in [5.74, 6) is 1.69. The van der Waals surface area contributed by atoms with E-state index in [1.165, 1.54) is 5.56 Å². The fourth-order valence-electron chi connectivity index (χ4n) is 2.91. The molecule has 2 heterocycles. The molecule has 126 valence electrons. The van der Waals surface area contributed by atoms with E-state index in [4.69, 9.17) is 0 Å². The van der Waals surface area contributed by atoms with Gasteiger partial charge in [-0.15, -0.1) is 6.58 Å². The molecule has 0 unspecified atom stereocenters. The van der Waals surface area contributed by atoms with Crippen molar-refractivity contribution in [1.82, 2.24) is 14.9 Å². The molecule has 0 radical (unpaired) electrons. The Kier molecular flexibility index (Phi) is 5.43. The van der Waals surface area contributed by atoms with E-state index in [9.17, 15) is 0 Å². The molecule has 1 N–H and O–H groups in total. The predicted molar refractivity (Wildman–Crippen MR) is 99.4 cm³/mol. The molecule has 5 heteroatoms. The van der Waals surface area contributed by atoms with Gasteiger partial charge in [0.15, 0.2) is 0 Å². The maximum Gasteiger partial charge on any atom is 0.227 e. The number of benzene rings is 1. The summed E-state index contributed by atoms with van der Waals surface area (Å²) < 4.78 is 0. The molecule has 0 aliphatic carbocycles. The van der Waals surface area contributed by atoms with Gasteiger partial charge in [0.2, 0.25) is 5.95 Å². The fraction of sp³-hybridized carbons (Fsp3) is 0.368. The quantitative estimate of drug-likeness (QED) is 0.828. The van der Waals surface area contributed by atoms with Crippen LogP contribution in [-0.4, -0.2) is 47.6 Å². The Labute approximate surface area is 144 Å². The summed E-state index contributed by atoms with van der Waals surface area (Å²) in [4.78, 5) is 14.0. The number of nitrogens with zero attached hydrogens (tertiary/aromatic N) is 4. The Hall–Kier alpha value is -2.40. The molecule has 0 atom stereocenters. The highest BCUT2D eigenvalue weighted by Crippen LogP contribution is 2.16. The van der Waals surface area contributed by atoms with Crippen LogP contribution in [0.2, 0.25) is 0 Å². The molecule has 0 bridgehead atoms. The van der Waals surface area contributed by atoms with E-state index in [1.807, 2.05) is 19.1 Å². The maximum atomic E-state index is 4.64. The molecule has 1 aromatic heterocycles. The van der Waals surface area contributed by atoms with Crippen molar-refractivity contribution in [3.05, 3.63) is 60.3 Å². The largest absolute Gasteiger partial charge is 0.366 e. The molecule has 0 spiro atoms. The molecule has 0 saturated carbocycles. The van der Waals surface area contributed by atoms with E-state index < -0.39 is 0 Å². The lowest BCUT2D eigenvalue weighted by atomic mass is 10.2. The Morgan fingerprint density at radius 2 is 1.88 bits per heavy atom. The fourth-order valence-corrected chi connectivity index (χ4v) is 2.91. The molecule has 1 saturated heterocycles. The first-order valence-corrected chi connectivity index (χ1v) is 8.46. The first-order chi connectivity index (χ1) is 11.7. The summed E-state index contributed by atoms with van der Waals surface area (Å²) in [6.07, 6.45) is 1.83. The van der Waals surface area contributed by atoms with Gasteiger partial charge in [-0.05, 0) is 12.5 Å². The summed E-state index contributed by atoms with van der Waals surface area (Å²) in [6, 6.07) is 12.6. The lowest BCUT2D eigenvalue weighted by Gasteiger charge is -2.35. The highest BCUT2D eigenvalue weighted by Gasteiger charge is 2.19. The first kappa shape index (κ1) is 16.5. The number of aromatic nitrogens is 2. The Bertz CT molecular complexity index is 663. The second-order valence-electron chi connectivity index (χ2n) is 6.11. The van der Waals surface area contributed by atoms with Crippen LogP contribution in [0.5, 0.6) is 0 Å². The number of hydrogen-bond acceptors (Lipinski definition) is 5. The molecule has 1 aliphatic heterocycles. The van der Waals surface area contributed by atoms with Gasteiger partial charge in [-0.1, -0.05) is 36.4 Å². The lowest BCUT2D eigenvalue weighted by Crippen LogP contribution is -2.46. The van der Waals surface area contributed by atoms with Crippen molar-refractivity contribution in [2.75, 3.05) is 42.9 Å².